The van der Waals surface area contributed by atoms with E-state index in [1.54, 1.807) is 0 Å². The Morgan fingerprint density at radius 3 is 2.63 bits per heavy atom. The zero-order valence-corrected chi connectivity index (χ0v) is 16.7. The van der Waals surface area contributed by atoms with Crippen LogP contribution in [0, 0.1) is 0 Å². The molecule has 144 valence electrons. The van der Waals surface area contributed by atoms with Crippen LogP contribution in [-0.4, -0.2) is 27.1 Å². The van der Waals surface area contributed by atoms with Crippen molar-refractivity contribution >= 4 is 39.2 Å². The Labute approximate surface area is 167 Å². The molecule has 3 rings (SSSR count). The van der Waals surface area contributed by atoms with Gasteiger partial charge in [0.25, 0.3) is 0 Å². The van der Waals surface area contributed by atoms with Crippen LogP contribution in [0.25, 0.3) is 0 Å². The lowest BCUT2D eigenvalue weighted by Crippen LogP contribution is -2.23. The Morgan fingerprint density at radius 2 is 1.96 bits per heavy atom. The molecule has 2 aromatic carbocycles. The normalized spacial score (nSPS) is 15.9. The van der Waals surface area contributed by atoms with Crippen molar-refractivity contribution in [2.45, 2.75) is 30.9 Å². The van der Waals surface area contributed by atoms with E-state index in [1.807, 2.05) is 30.3 Å². The lowest BCUT2D eigenvalue weighted by atomic mass is 10.1. The van der Waals surface area contributed by atoms with E-state index in [2.05, 4.69) is 4.72 Å². The van der Waals surface area contributed by atoms with Crippen LogP contribution in [0.1, 0.15) is 18.1 Å². The van der Waals surface area contributed by atoms with Gasteiger partial charge in [0.2, 0.25) is 10.0 Å². The summed E-state index contributed by atoms with van der Waals surface area (Å²) >= 11 is 12.4. The van der Waals surface area contributed by atoms with Gasteiger partial charge in [-0.2, -0.15) is 0 Å². The standard InChI is InChI=1S/C18H17Cl2NO5S/c1-11(22)25-10-14-7-13-8-15(16(19)17(20)18(13)26-14)27(23,24)21-9-12-5-3-2-4-6-12/h2-6,8,14,21H,7,9-10H2,1H3. The lowest BCUT2D eigenvalue weighted by molar-refractivity contribution is -0.143. The van der Waals surface area contributed by atoms with E-state index < -0.39 is 22.1 Å². The fourth-order valence-corrected chi connectivity index (χ4v) is 4.64. The van der Waals surface area contributed by atoms with Gasteiger partial charge in [0.05, 0.1) is 5.02 Å². The van der Waals surface area contributed by atoms with Crippen LogP contribution in [0.2, 0.25) is 10.0 Å². The van der Waals surface area contributed by atoms with Crippen molar-refractivity contribution in [2.75, 3.05) is 6.61 Å². The van der Waals surface area contributed by atoms with E-state index in [4.69, 9.17) is 32.7 Å². The van der Waals surface area contributed by atoms with Crippen molar-refractivity contribution < 1.29 is 22.7 Å². The maximum atomic E-state index is 12.7. The van der Waals surface area contributed by atoms with E-state index in [9.17, 15) is 13.2 Å². The number of carbonyl (C=O) groups is 1. The summed E-state index contributed by atoms with van der Waals surface area (Å²) in [5.41, 5.74) is 1.41. The molecule has 0 radical (unpaired) electrons. The minimum absolute atomic E-state index is 0.0274. The number of carbonyl (C=O) groups excluding carboxylic acids is 1. The number of rotatable bonds is 6. The van der Waals surface area contributed by atoms with Crippen molar-refractivity contribution in [3.8, 4) is 5.75 Å². The van der Waals surface area contributed by atoms with E-state index in [0.29, 0.717) is 17.7 Å². The molecule has 1 atom stereocenters. The van der Waals surface area contributed by atoms with E-state index in [-0.39, 0.29) is 28.1 Å². The van der Waals surface area contributed by atoms with Gasteiger partial charge in [0.1, 0.15) is 28.4 Å². The molecule has 1 unspecified atom stereocenters. The fraction of sp³-hybridized carbons (Fsp3) is 0.278. The number of nitrogens with one attached hydrogen (secondary N) is 1. The van der Waals surface area contributed by atoms with Gasteiger partial charge in [-0.05, 0) is 11.6 Å². The van der Waals surface area contributed by atoms with Gasteiger partial charge in [-0.3, -0.25) is 4.79 Å². The Bertz CT molecular complexity index is 963. The summed E-state index contributed by atoms with van der Waals surface area (Å²) in [4.78, 5) is 10.8. The van der Waals surface area contributed by atoms with Crippen LogP contribution in [0.3, 0.4) is 0 Å². The second-order valence-electron chi connectivity index (χ2n) is 6.05. The second kappa shape index (κ2) is 8.06. The van der Waals surface area contributed by atoms with E-state index >= 15 is 0 Å². The third-order valence-electron chi connectivity index (χ3n) is 4.01. The number of ether oxygens (including phenoxy) is 2. The number of benzene rings is 2. The van der Waals surface area contributed by atoms with Gasteiger partial charge in [0, 0.05) is 25.5 Å². The van der Waals surface area contributed by atoms with Crippen LogP contribution in [0.15, 0.2) is 41.3 Å². The van der Waals surface area contributed by atoms with E-state index in [1.165, 1.54) is 13.0 Å². The average molecular weight is 430 g/mol. The molecule has 6 nitrogen and oxygen atoms in total. The largest absolute Gasteiger partial charge is 0.485 e. The van der Waals surface area contributed by atoms with Crippen molar-refractivity contribution in [2.24, 2.45) is 0 Å². The van der Waals surface area contributed by atoms with Crippen LogP contribution in [0.5, 0.6) is 5.75 Å². The average Bonchev–Trinajstić information content (AvgIpc) is 3.05. The third kappa shape index (κ3) is 4.55. The van der Waals surface area contributed by atoms with Gasteiger partial charge >= 0.3 is 5.97 Å². The molecular formula is C18H17Cl2NO5S. The summed E-state index contributed by atoms with van der Waals surface area (Å²) in [6.07, 6.45) is -0.0755. The van der Waals surface area contributed by atoms with Crippen molar-refractivity contribution in [3.05, 3.63) is 57.6 Å². The predicted molar refractivity (Wildman–Crippen MR) is 102 cm³/mol. The van der Waals surface area contributed by atoms with Crippen molar-refractivity contribution in [1.29, 1.82) is 0 Å². The molecule has 0 fully saturated rings. The Morgan fingerprint density at radius 1 is 1.26 bits per heavy atom. The van der Waals surface area contributed by atoms with Gasteiger partial charge in [0.15, 0.2) is 0 Å². The summed E-state index contributed by atoms with van der Waals surface area (Å²) in [5, 5.41) is -0.0799. The smallest absolute Gasteiger partial charge is 0.302 e. The van der Waals surface area contributed by atoms with Crippen LogP contribution in [-0.2, 0) is 32.5 Å². The highest BCUT2D eigenvalue weighted by atomic mass is 35.5. The highest BCUT2D eigenvalue weighted by molar-refractivity contribution is 7.89. The molecule has 0 saturated carbocycles. The van der Waals surface area contributed by atoms with Gasteiger partial charge in [-0.15, -0.1) is 0 Å². The zero-order valence-electron chi connectivity index (χ0n) is 14.4. The number of halogens is 2. The fourth-order valence-electron chi connectivity index (χ4n) is 2.72. The number of hydrogen-bond acceptors (Lipinski definition) is 5. The molecule has 2 aromatic rings. The molecule has 1 aliphatic heterocycles. The highest BCUT2D eigenvalue weighted by Crippen LogP contribution is 2.43. The summed E-state index contributed by atoms with van der Waals surface area (Å²) < 4.78 is 38.5. The van der Waals surface area contributed by atoms with Crippen LogP contribution < -0.4 is 9.46 Å². The molecule has 0 amide bonds. The van der Waals surface area contributed by atoms with Crippen LogP contribution >= 0.6 is 23.2 Å². The van der Waals surface area contributed by atoms with Crippen LogP contribution in [0.4, 0.5) is 0 Å². The first-order chi connectivity index (χ1) is 12.8. The third-order valence-corrected chi connectivity index (χ3v) is 6.40. The van der Waals surface area contributed by atoms with Gasteiger partial charge < -0.3 is 9.47 Å². The molecule has 0 spiro atoms. The first-order valence-corrected chi connectivity index (χ1v) is 10.4. The maximum Gasteiger partial charge on any atom is 0.302 e. The Balaban J connectivity index is 1.82. The molecule has 9 heteroatoms. The van der Waals surface area contributed by atoms with Crippen molar-refractivity contribution in [3.63, 3.8) is 0 Å². The molecule has 0 bridgehead atoms. The maximum absolute atomic E-state index is 12.7. The SMILES string of the molecule is CC(=O)OCC1Cc2cc(S(=O)(=O)NCc3ccccc3)c(Cl)c(Cl)c2O1. The van der Waals surface area contributed by atoms with E-state index in [0.717, 1.165) is 5.56 Å². The number of hydrogen-bond donors (Lipinski definition) is 1. The molecule has 0 saturated heterocycles. The molecule has 1 N–H and O–H groups in total. The lowest BCUT2D eigenvalue weighted by Gasteiger charge is -2.13. The molecule has 1 heterocycles. The summed E-state index contributed by atoms with van der Waals surface area (Å²) in [6.45, 7) is 1.47. The Hall–Kier alpha value is -1.80. The molecule has 0 aromatic heterocycles. The number of esters is 1. The molecule has 0 aliphatic carbocycles. The first kappa shape index (κ1) is 19.9. The summed E-state index contributed by atoms with van der Waals surface area (Å²) in [7, 11) is -3.88. The monoisotopic (exact) mass is 429 g/mol. The summed E-state index contributed by atoms with van der Waals surface area (Å²) in [6, 6.07) is 10.6. The highest BCUT2D eigenvalue weighted by Gasteiger charge is 2.31. The predicted octanol–water partition coefficient (Wildman–Crippen LogP) is 3.34. The van der Waals surface area contributed by atoms with Gasteiger partial charge in [-0.25, -0.2) is 13.1 Å². The van der Waals surface area contributed by atoms with Crippen molar-refractivity contribution in [1.82, 2.24) is 4.72 Å². The quantitative estimate of drug-likeness (QED) is 0.711. The molecule has 27 heavy (non-hydrogen) atoms. The first-order valence-electron chi connectivity index (χ1n) is 8.12. The second-order valence-corrected chi connectivity index (χ2v) is 8.54. The number of fused-ring (bicyclic) bond motifs is 1. The molecule has 1 aliphatic rings. The minimum atomic E-state index is -3.88. The zero-order chi connectivity index (χ0) is 19.6. The number of sulfonamides is 1. The minimum Gasteiger partial charge on any atom is -0.485 e. The topological polar surface area (TPSA) is 81.7 Å². The van der Waals surface area contributed by atoms with Gasteiger partial charge in [-0.1, -0.05) is 53.5 Å². The molecular weight excluding hydrogens is 413 g/mol. The summed E-state index contributed by atoms with van der Waals surface area (Å²) in [5.74, 6) is -0.104. The Kier molecular flexibility index (Phi) is 5.95.